The maximum absolute atomic E-state index is 8.98. The van der Waals surface area contributed by atoms with Crippen molar-refractivity contribution in [2.75, 3.05) is 6.61 Å². The first-order valence-corrected chi connectivity index (χ1v) is 5.90. The van der Waals surface area contributed by atoms with Crippen molar-refractivity contribution in [3.05, 3.63) is 40.7 Å². The van der Waals surface area contributed by atoms with Gasteiger partial charge in [-0.3, -0.25) is 0 Å². The summed E-state index contributed by atoms with van der Waals surface area (Å²) in [6.45, 7) is 2.13. The van der Waals surface area contributed by atoms with E-state index in [4.69, 9.17) is 16.7 Å². The summed E-state index contributed by atoms with van der Waals surface area (Å²) in [7, 11) is 1.98. The third-order valence-electron chi connectivity index (χ3n) is 2.93. The first kappa shape index (κ1) is 12.1. The monoisotopic (exact) mass is 250 g/mol. The van der Waals surface area contributed by atoms with Gasteiger partial charge in [0, 0.05) is 36.4 Å². The van der Waals surface area contributed by atoms with E-state index >= 15 is 0 Å². The molecule has 0 aliphatic carbocycles. The first-order chi connectivity index (χ1) is 8.13. The molecule has 1 N–H and O–H groups in total. The predicted octanol–water partition coefficient (Wildman–Crippen LogP) is 2.58. The van der Waals surface area contributed by atoms with Gasteiger partial charge in [-0.1, -0.05) is 11.6 Å². The van der Waals surface area contributed by atoms with Crippen molar-refractivity contribution in [2.45, 2.75) is 13.3 Å². The third kappa shape index (κ3) is 2.35. The van der Waals surface area contributed by atoms with Gasteiger partial charge in [0.25, 0.3) is 0 Å². The van der Waals surface area contributed by atoms with Crippen LogP contribution in [0.3, 0.4) is 0 Å². The van der Waals surface area contributed by atoms with E-state index in [0.29, 0.717) is 6.42 Å². The molecule has 0 aliphatic rings. The molecule has 1 aromatic carbocycles. The van der Waals surface area contributed by atoms with Gasteiger partial charge in [0.2, 0.25) is 0 Å². The van der Waals surface area contributed by atoms with E-state index in [-0.39, 0.29) is 6.61 Å². The zero-order valence-corrected chi connectivity index (χ0v) is 10.7. The fourth-order valence-corrected chi connectivity index (χ4v) is 1.96. The van der Waals surface area contributed by atoms with Crippen molar-refractivity contribution >= 4 is 11.6 Å². The summed E-state index contributed by atoms with van der Waals surface area (Å²) in [5, 5.41) is 9.70. The number of halogens is 1. The van der Waals surface area contributed by atoms with Gasteiger partial charge in [-0.25, -0.2) is 4.98 Å². The van der Waals surface area contributed by atoms with E-state index in [1.165, 1.54) is 0 Å². The molecule has 0 spiro atoms. The summed E-state index contributed by atoms with van der Waals surface area (Å²) < 4.78 is 2.04. The summed E-state index contributed by atoms with van der Waals surface area (Å²) >= 11 is 5.86. The normalized spacial score (nSPS) is 10.8. The molecule has 17 heavy (non-hydrogen) atoms. The number of aliphatic hydroxyl groups is 1. The molecule has 0 unspecified atom stereocenters. The molecule has 4 heteroatoms. The number of hydrogen-bond acceptors (Lipinski definition) is 2. The van der Waals surface area contributed by atoms with Crippen LogP contribution in [0.25, 0.3) is 11.4 Å². The quantitative estimate of drug-likeness (QED) is 0.909. The fraction of sp³-hybridized carbons (Fsp3) is 0.308. The number of benzene rings is 1. The molecular formula is C13H15ClN2O. The molecule has 1 heterocycles. The molecular weight excluding hydrogens is 236 g/mol. The van der Waals surface area contributed by atoms with Crippen molar-refractivity contribution in [2.24, 2.45) is 7.05 Å². The zero-order valence-electron chi connectivity index (χ0n) is 9.94. The SMILES string of the molecule is Cc1c(CCO)nc(-c2ccc(Cl)cc2)n1C. The van der Waals surface area contributed by atoms with Crippen LogP contribution in [0.4, 0.5) is 0 Å². The van der Waals surface area contributed by atoms with Gasteiger partial charge in [-0.15, -0.1) is 0 Å². The predicted molar refractivity (Wildman–Crippen MR) is 69.2 cm³/mol. The highest BCUT2D eigenvalue weighted by Crippen LogP contribution is 2.22. The van der Waals surface area contributed by atoms with Crippen molar-refractivity contribution in [1.82, 2.24) is 9.55 Å². The maximum atomic E-state index is 8.98. The number of aromatic nitrogens is 2. The molecule has 90 valence electrons. The average Bonchev–Trinajstić information content (AvgIpc) is 2.59. The maximum Gasteiger partial charge on any atom is 0.140 e. The van der Waals surface area contributed by atoms with Crippen LogP contribution in [0.15, 0.2) is 24.3 Å². The Morgan fingerprint density at radius 3 is 2.53 bits per heavy atom. The Labute approximate surface area is 106 Å². The number of aliphatic hydroxyl groups excluding tert-OH is 1. The van der Waals surface area contributed by atoms with Gasteiger partial charge < -0.3 is 9.67 Å². The number of rotatable bonds is 3. The summed E-state index contributed by atoms with van der Waals surface area (Å²) in [6, 6.07) is 7.61. The molecule has 0 amide bonds. The van der Waals surface area contributed by atoms with Crippen LogP contribution >= 0.6 is 11.6 Å². The van der Waals surface area contributed by atoms with Crippen molar-refractivity contribution in [3.63, 3.8) is 0 Å². The van der Waals surface area contributed by atoms with E-state index < -0.39 is 0 Å². The second kappa shape index (κ2) is 4.90. The Kier molecular flexibility index (Phi) is 3.50. The number of hydrogen-bond donors (Lipinski definition) is 1. The lowest BCUT2D eigenvalue weighted by Gasteiger charge is -2.03. The lowest BCUT2D eigenvalue weighted by molar-refractivity contribution is 0.298. The molecule has 3 nitrogen and oxygen atoms in total. The minimum absolute atomic E-state index is 0.123. The van der Waals surface area contributed by atoms with Crippen LogP contribution < -0.4 is 0 Å². The highest BCUT2D eigenvalue weighted by molar-refractivity contribution is 6.30. The molecule has 0 radical (unpaired) electrons. The molecule has 0 bridgehead atoms. The van der Waals surface area contributed by atoms with Gasteiger partial charge in [0.1, 0.15) is 5.82 Å². The molecule has 1 aromatic heterocycles. The van der Waals surface area contributed by atoms with E-state index in [2.05, 4.69) is 4.98 Å². The topological polar surface area (TPSA) is 38.1 Å². The van der Waals surface area contributed by atoms with Crippen LogP contribution in [0, 0.1) is 6.92 Å². The Morgan fingerprint density at radius 2 is 1.94 bits per heavy atom. The lowest BCUT2D eigenvalue weighted by Crippen LogP contribution is -1.96. The second-order valence-electron chi connectivity index (χ2n) is 4.01. The number of nitrogens with zero attached hydrogens (tertiary/aromatic N) is 2. The molecule has 0 fully saturated rings. The molecule has 0 atom stereocenters. The molecule has 2 rings (SSSR count). The summed E-state index contributed by atoms with van der Waals surface area (Å²) in [5.41, 5.74) is 3.06. The Hall–Kier alpha value is -1.32. The molecule has 0 aliphatic heterocycles. The summed E-state index contributed by atoms with van der Waals surface area (Å²) in [5.74, 6) is 0.905. The highest BCUT2D eigenvalue weighted by Gasteiger charge is 2.11. The number of imidazole rings is 1. The Balaban J connectivity index is 2.45. The summed E-state index contributed by atoms with van der Waals surface area (Å²) in [4.78, 5) is 4.56. The second-order valence-corrected chi connectivity index (χ2v) is 4.44. The van der Waals surface area contributed by atoms with E-state index in [1.54, 1.807) is 0 Å². The van der Waals surface area contributed by atoms with Crippen LogP contribution in [0.2, 0.25) is 5.02 Å². The van der Waals surface area contributed by atoms with Crippen LogP contribution in [-0.4, -0.2) is 21.3 Å². The third-order valence-corrected chi connectivity index (χ3v) is 3.18. The Morgan fingerprint density at radius 1 is 1.29 bits per heavy atom. The van der Waals surface area contributed by atoms with Crippen LogP contribution in [0.1, 0.15) is 11.4 Å². The Bertz CT molecular complexity index is 517. The van der Waals surface area contributed by atoms with Gasteiger partial charge in [-0.05, 0) is 31.2 Å². The van der Waals surface area contributed by atoms with Crippen molar-refractivity contribution in [1.29, 1.82) is 0 Å². The van der Waals surface area contributed by atoms with Crippen LogP contribution in [0.5, 0.6) is 0 Å². The van der Waals surface area contributed by atoms with Crippen molar-refractivity contribution < 1.29 is 5.11 Å². The lowest BCUT2D eigenvalue weighted by atomic mass is 10.2. The van der Waals surface area contributed by atoms with Gasteiger partial charge in [0.05, 0.1) is 5.69 Å². The highest BCUT2D eigenvalue weighted by atomic mass is 35.5. The molecule has 2 aromatic rings. The average molecular weight is 251 g/mol. The van der Waals surface area contributed by atoms with E-state index in [9.17, 15) is 0 Å². The van der Waals surface area contributed by atoms with Crippen molar-refractivity contribution in [3.8, 4) is 11.4 Å². The minimum Gasteiger partial charge on any atom is -0.396 e. The van der Waals surface area contributed by atoms with E-state index in [0.717, 1.165) is 27.8 Å². The smallest absolute Gasteiger partial charge is 0.140 e. The molecule has 0 saturated heterocycles. The van der Waals surface area contributed by atoms with Gasteiger partial charge in [0.15, 0.2) is 0 Å². The first-order valence-electron chi connectivity index (χ1n) is 5.52. The fourth-order valence-electron chi connectivity index (χ4n) is 1.84. The zero-order chi connectivity index (χ0) is 12.4. The largest absolute Gasteiger partial charge is 0.396 e. The summed E-state index contributed by atoms with van der Waals surface area (Å²) in [6.07, 6.45) is 0.591. The van der Waals surface area contributed by atoms with Crippen LogP contribution in [-0.2, 0) is 13.5 Å². The standard InChI is InChI=1S/C13H15ClN2O/c1-9-12(7-8-17)15-13(16(9)2)10-3-5-11(14)6-4-10/h3-6,17H,7-8H2,1-2H3. The van der Waals surface area contributed by atoms with Gasteiger partial charge >= 0.3 is 0 Å². The minimum atomic E-state index is 0.123. The van der Waals surface area contributed by atoms with E-state index in [1.807, 2.05) is 42.8 Å². The molecule has 0 saturated carbocycles. The van der Waals surface area contributed by atoms with Gasteiger partial charge in [-0.2, -0.15) is 0 Å².